The summed E-state index contributed by atoms with van der Waals surface area (Å²) in [6, 6.07) is 17.7. The lowest BCUT2D eigenvalue weighted by molar-refractivity contribution is 0.0640. The second kappa shape index (κ2) is 14.3. The minimum absolute atomic E-state index is 0.0704. The highest BCUT2D eigenvalue weighted by Crippen LogP contribution is 2.51. The first-order chi connectivity index (χ1) is 21.3. The number of halogens is 1. The van der Waals surface area contributed by atoms with Crippen molar-refractivity contribution in [3.63, 3.8) is 0 Å². The van der Waals surface area contributed by atoms with Gasteiger partial charge in [0.05, 0.1) is 18.7 Å². The number of likely N-dealkylation sites (tertiary alicyclic amines) is 1. The molecule has 9 heteroatoms. The molecule has 2 aliphatic heterocycles. The second-order valence-electron chi connectivity index (χ2n) is 12.7. The van der Waals surface area contributed by atoms with Crippen molar-refractivity contribution in [2.75, 3.05) is 44.7 Å². The molecule has 1 atom stereocenters. The van der Waals surface area contributed by atoms with E-state index in [1.165, 1.54) is 44.0 Å². The predicted octanol–water partition coefficient (Wildman–Crippen LogP) is 5.89. The molecule has 2 N–H and O–H groups in total. The third-order valence-corrected chi connectivity index (χ3v) is 10.2. The number of carbonyl (C=O) groups is 1. The Morgan fingerprint density at radius 3 is 2.32 bits per heavy atom. The molecule has 0 bridgehead atoms. The van der Waals surface area contributed by atoms with Crippen LogP contribution in [0.15, 0.2) is 60.9 Å². The van der Waals surface area contributed by atoms with E-state index in [9.17, 15) is 9.18 Å². The standard InChI is InChI=1S/C33H40FN5.C2H5NO2/c1-25-36-15-18-38(25)24-33(28-5-2-3-6-28,30-7-4-8-31(34)19-30)29-13-16-37(17-14-29)21-27-22-39(23-27)32-11-9-26(20-35)10-12-32;1-5-2(3)4/h4,7-12,15,18-19,27-29H,2-3,5-6,13-14,16-17,21-24H2,1H3;1H3,(H2,3,4)/t33-;/m0./s1. The summed E-state index contributed by atoms with van der Waals surface area (Å²) in [6.45, 7) is 8.53. The number of hydrogen-bond donors (Lipinski definition) is 1. The minimum atomic E-state index is -0.745. The summed E-state index contributed by atoms with van der Waals surface area (Å²) in [5.41, 5.74) is 7.49. The number of methoxy groups -OCH3 is 1. The lowest BCUT2D eigenvalue weighted by Gasteiger charge is -2.50. The second-order valence-corrected chi connectivity index (χ2v) is 12.7. The van der Waals surface area contributed by atoms with Gasteiger partial charge in [-0.25, -0.2) is 14.2 Å². The molecule has 44 heavy (non-hydrogen) atoms. The number of primary amides is 1. The van der Waals surface area contributed by atoms with Crippen LogP contribution in [0.1, 0.15) is 55.5 Å². The Kier molecular flexibility index (Phi) is 10.2. The molecule has 3 fully saturated rings. The number of piperidine rings is 1. The zero-order valence-electron chi connectivity index (χ0n) is 26.0. The number of nitrogens with two attached hydrogens (primary N) is 1. The molecule has 2 saturated heterocycles. The smallest absolute Gasteiger partial charge is 0.404 e. The molecular weight excluding hydrogens is 555 g/mol. The highest BCUT2D eigenvalue weighted by atomic mass is 19.1. The fourth-order valence-corrected chi connectivity index (χ4v) is 7.86. The van der Waals surface area contributed by atoms with E-state index in [-0.39, 0.29) is 11.2 Å². The lowest BCUT2D eigenvalue weighted by Crippen LogP contribution is -2.54. The van der Waals surface area contributed by atoms with Gasteiger partial charge in [0.25, 0.3) is 0 Å². The number of amides is 1. The molecule has 1 amide bonds. The number of benzene rings is 2. The summed E-state index contributed by atoms with van der Waals surface area (Å²) < 4.78 is 20.9. The number of carbonyl (C=O) groups excluding carboxylic acids is 1. The largest absolute Gasteiger partial charge is 0.453 e. The van der Waals surface area contributed by atoms with Gasteiger partial charge in [0.1, 0.15) is 11.6 Å². The molecule has 0 spiro atoms. The molecule has 1 aromatic heterocycles. The van der Waals surface area contributed by atoms with Crippen LogP contribution in [0.25, 0.3) is 0 Å². The summed E-state index contributed by atoms with van der Waals surface area (Å²) in [4.78, 5) is 19.0. The highest BCUT2D eigenvalue weighted by molar-refractivity contribution is 5.64. The third-order valence-electron chi connectivity index (χ3n) is 10.2. The summed E-state index contributed by atoms with van der Waals surface area (Å²) in [6.07, 6.45) is 10.6. The predicted molar refractivity (Wildman–Crippen MR) is 170 cm³/mol. The SMILES string of the molecule is COC(N)=O.Cc1nccn1C[C@](c1cccc(F)c1)(C1CCCC1)C1CCN(CC2CN(c3ccc(C#N)cc3)C2)CC1. The lowest BCUT2D eigenvalue weighted by atomic mass is 9.59. The van der Waals surface area contributed by atoms with Crippen LogP contribution >= 0.6 is 0 Å². The van der Waals surface area contributed by atoms with E-state index in [2.05, 4.69) is 67.2 Å². The van der Waals surface area contributed by atoms with Crippen LogP contribution < -0.4 is 10.6 Å². The molecule has 8 nitrogen and oxygen atoms in total. The Morgan fingerprint density at radius 2 is 1.75 bits per heavy atom. The quantitative estimate of drug-likeness (QED) is 0.346. The van der Waals surface area contributed by atoms with Gasteiger partial charge in [0.15, 0.2) is 0 Å². The van der Waals surface area contributed by atoms with Crippen molar-refractivity contribution in [2.24, 2.45) is 23.5 Å². The number of imidazole rings is 1. The van der Waals surface area contributed by atoms with E-state index >= 15 is 0 Å². The summed E-state index contributed by atoms with van der Waals surface area (Å²) in [7, 11) is 1.22. The van der Waals surface area contributed by atoms with Crippen LogP contribution in [-0.4, -0.2) is 60.4 Å². The normalized spacial score (nSPS) is 19.4. The molecule has 2 aromatic carbocycles. The van der Waals surface area contributed by atoms with Crippen LogP contribution in [0.4, 0.5) is 14.9 Å². The Bertz CT molecular complexity index is 1420. The third kappa shape index (κ3) is 7.07. The zero-order chi connectivity index (χ0) is 31.1. The van der Waals surface area contributed by atoms with Crippen LogP contribution in [0.3, 0.4) is 0 Å². The molecule has 1 saturated carbocycles. The first kappa shape index (κ1) is 31.5. The zero-order valence-corrected chi connectivity index (χ0v) is 26.0. The fourth-order valence-electron chi connectivity index (χ4n) is 7.86. The van der Waals surface area contributed by atoms with Crippen molar-refractivity contribution < 1.29 is 13.9 Å². The minimum Gasteiger partial charge on any atom is -0.453 e. The first-order valence-corrected chi connectivity index (χ1v) is 15.9. The van der Waals surface area contributed by atoms with Gasteiger partial charge in [-0.15, -0.1) is 0 Å². The van der Waals surface area contributed by atoms with E-state index in [0.717, 1.165) is 57.9 Å². The number of nitrogens with zero attached hydrogens (tertiary/aromatic N) is 5. The number of ether oxygens (including phenoxy) is 1. The monoisotopic (exact) mass is 600 g/mol. The van der Waals surface area contributed by atoms with Crippen molar-refractivity contribution in [1.82, 2.24) is 14.5 Å². The molecule has 1 aliphatic carbocycles. The molecule has 3 aliphatic rings. The molecule has 234 valence electrons. The molecule has 0 unspecified atom stereocenters. The number of hydrogen-bond acceptors (Lipinski definition) is 6. The van der Waals surface area contributed by atoms with Gasteiger partial charge < -0.3 is 24.8 Å². The van der Waals surface area contributed by atoms with Gasteiger partial charge in [-0.2, -0.15) is 5.26 Å². The van der Waals surface area contributed by atoms with E-state index in [1.807, 2.05) is 30.5 Å². The van der Waals surface area contributed by atoms with E-state index < -0.39 is 6.09 Å². The number of aromatic nitrogens is 2. The first-order valence-electron chi connectivity index (χ1n) is 15.9. The van der Waals surface area contributed by atoms with Crippen LogP contribution in [0.2, 0.25) is 0 Å². The number of aryl methyl sites for hydroxylation is 1. The number of nitriles is 1. The van der Waals surface area contributed by atoms with Gasteiger partial charge >= 0.3 is 6.09 Å². The molecule has 3 aromatic rings. The fraction of sp³-hybridized carbons (Fsp3) is 0.514. The van der Waals surface area contributed by atoms with Gasteiger partial charge in [0.2, 0.25) is 0 Å². The number of anilines is 1. The molecule has 0 radical (unpaired) electrons. The maximum absolute atomic E-state index is 14.7. The van der Waals surface area contributed by atoms with E-state index in [4.69, 9.17) is 5.26 Å². The summed E-state index contributed by atoms with van der Waals surface area (Å²) in [5.74, 6) is 2.71. The Labute approximate surface area is 260 Å². The Balaban J connectivity index is 0.000000712. The van der Waals surface area contributed by atoms with Crippen LogP contribution in [0, 0.1) is 41.8 Å². The van der Waals surface area contributed by atoms with Crippen LogP contribution in [-0.2, 0) is 16.7 Å². The van der Waals surface area contributed by atoms with E-state index in [0.29, 0.717) is 23.3 Å². The van der Waals surface area contributed by atoms with Crippen molar-refractivity contribution >= 4 is 11.8 Å². The molecular formula is C35H45FN6O2. The molecule has 3 heterocycles. The van der Waals surface area contributed by atoms with Crippen molar-refractivity contribution in [3.05, 3.63) is 83.7 Å². The van der Waals surface area contributed by atoms with Crippen molar-refractivity contribution in [3.8, 4) is 6.07 Å². The van der Waals surface area contributed by atoms with Gasteiger partial charge in [-0.1, -0.05) is 25.0 Å². The van der Waals surface area contributed by atoms with Crippen molar-refractivity contribution in [1.29, 1.82) is 5.26 Å². The summed E-state index contributed by atoms with van der Waals surface area (Å²) >= 11 is 0. The van der Waals surface area contributed by atoms with Gasteiger partial charge in [-0.05, 0) is 99.5 Å². The average Bonchev–Trinajstić information content (AvgIpc) is 3.71. The Morgan fingerprint density at radius 1 is 1.09 bits per heavy atom. The maximum atomic E-state index is 14.7. The molecule has 6 rings (SSSR count). The highest BCUT2D eigenvalue weighted by Gasteiger charge is 2.49. The maximum Gasteiger partial charge on any atom is 0.404 e. The average molecular weight is 601 g/mol. The van der Waals surface area contributed by atoms with E-state index in [1.54, 1.807) is 6.07 Å². The van der Waals surface area contributed by atoms with Crippen molar-refractivity contribution in [2.45, 2.75) is 57.4 Å². The van der Waals surface area contributed by atoms with Crippen LogP contribution in [0.5, 0.6) is 0 Å². The topological polar surface area (TPSA) is 100 Å². The van der Waals surface area contributed by atoms with Gasteiger partial charge in [0, 0.05) is 55.6 Å². The summed E-state index contributed by atoms with van der Waals surface area (Å²) in [5, 5.41) is 9.06. The van der Waals surface area contributed by atoms with Gasteiger partial charge in [-0.3, -0.25) is 0 Å². The number of rotatable bonds is 8. The Hall–Kier alpha value is -3.90.